The lowest BCUT2D eigenvalue weighted by Gasteiger charge is -2.36. The molecule has 0 spiro atoms. The first-order valence-corrected chi connectivity index (χ1v) is 11.6. The molecule has 31 heavy (non-hydrogen) atoms. The van der Waals surface area contributed by atoms with E-state index in [-0.39, 0.29) is 11.3 Å². The summed E-state index contributed by atoms with van der Waals surface area (Å²) in [7, 11) is 0. The van der Waals surface area contributed by atoms with E-state index in [2.05, 4.69) is 53.8 Å². The molecule has 2 aromatic rings. The Balaban J connectivity index is 1.40. The zero-order valence-electron chi connectivity index (χ0n) is 19.4. The summed E-state index contributed by atoms with van der Waals surface area (Å²) in [6.07, 6.45) is 3.72. The fraction of sp³-hybridized carbons (Fsp3) is 0.560. The molecule has 1 aromatic carbocycles. The highest BCUT2D eigenvalue weighted by Crippen LogP contribution is 2.24. The van der Waals surface area contributed by atoms with Gasteiger partial charge in [0.25, 0.3) is 5.91 Å². The molecule has 1 amide bonds. The van der Waals surface area contributed by atoms with E-state index in [4.69, 9.17) is 4.98 Å². The van der Waals surface area contributed by atoms with Crippen LogP contribution in [0, 0.1) is 6.92 Å². The van der Waals surface area contributed by atoms with Crippen LogP contribution in [0.4, 0.5) is 11.8 Å². The molecule has 1 aromatic heterocycles. The monoisotopic (exact) mass is 421 g/mol. The number of amides is 1. The second-order valence-electron chi connectivity index (χ2n) is 9.82. The summed E-state index contributed by atoms with van der Waals surface area (Å²) >= 11 is 0. The Morgan fingerprint density at radius 2 is 1.48 bits per heavy atom. The molecule has 2 aliphatic rings. The van der Waals surface area contributed by atoms with Crippen LogP contribution in [0.3, 0.4) is 0 Å². The molecule has 2 saturated heterocycles. The fourth-order valence-corrected chi connectivity index (χ4v) is 4.37. The normalized spacial score (nSPS) is 17.7. The number of rotatable bonds is 3. The van der Waals surface area contributed by atoms with Crippen LogP contribution in [0.25, 0.3) is 0 Å². The van der Waals surface area contributed by atoms with Crippen molar-refractivity contribution >= 4 is 17.7 Å². The van der Waals surface area contributed by atoms with Gasteiger partial charge in [-0.05, 0) is 49.3 Å². The zero-order chi connectivity index (χ0) is 22.0. The van der Waals surface area contributed by atoms with Crippen molar-refractivity contribution in [3.05, 3.63) is 47.2 Å². The van der Waals surface area contributed by atoms with Crippen molar-refractivity contribution in [1.29, 1.82) is 0 Å². The van der Waals surface area contributed by atoms with Gasteiger partial charge in [-0.3, -0.25) is 4.79 Å². The molecule has 0 bridgehead atoms. The van der Waals surface area contributed by atoms with Crippen LogP contribution in [0.15, 0.2) is 30.3 Å². The number of nitrogens with zero attached hydrogens (tertiary/aromatic N) is 5. The van der Waals surface area contributed by atoms with E-state index < -0.39 is 0 Å². The summed E-state index contributed by atoms with van der Waals surface area (Å²) in [5.74, 6) is 1.95. The lowest BCUT2D eigenvalue weighted by molar-refractivity contribution is 0.0746. The highest BCUT2D eigenvalue weighted by atomic mass is 16.2. The SMILES string of the molecule is Cc1cc(N2CCN(C(=O)c3ccc(C(C)(C)C)cc3)CC2)nc(N2CCCCC2)n1. The summed E-state index contributed by atoms with van der Waals surface area (Å²) in [4.78, 5) is 29.1. The topological polar surface area (TPSA) is 52.6 Å². The molecule has 166 valence electrons. The van der Waals surface area contributed by atoms with Gasteiger partial charge in [-0.25, -0.2) is 4.98 Å². The molecular weight excluding hydrogens is 386 g/mol. The Labute approximate surface area is 186 Å². The number of benzene rings is 1. The van der Waals surface area contributed by atoms with Gasteiger partial charge in [0, 0.05) is 56.6 Å². The van der Waals surface area contributed by atoms with Gasteiger partial charge in [0.05, 0.1) is 0 Å². The van der Waals surface area contributed by atoms with Crippen molar-refractivity contribution in [2.45, 2.75) is 52.4 Å². The lowest BCUT2D eigenvalue weighted by Crippen LogP contribution is -2.49. The summed E-state index contributed by atoms with van der Waals surface area (Å²) in [5.41, 5.74) is 3.11. The van der Waals surface area contributed by atoms with E-state index in [0.29, 0.717) is 13.1 Å². The first kappa shape index (κ1) is 21.6. The van der Waals surface area contributed by atoms with E-state index >= 15 is 0 Å². The number of hydrogen-bond acceptors (Lipinski definition) is 5. The maximum Gasteiger partial charge on any atom is 0.253 e. The van der Waals surface area contributed by atoms with Crippen LogP contribution >= 0.6 is 0 Å². The second kappa shape index (κ2) is 8.85. The summed E-state index contributed by atoms with van der Waals surface area (Å²) < 4.78 is 0. The van der Waals surface area contributed by atoms with Crippen LogP contribution in [0.5, 0.6) is 0 Å². The van der Waals surface area contributed by atoms with Gasteiger partial charge in [0.15, 0.2) is 0 Å². The molecule has 3 heterocycles. The van der Waals surface area contributed by atoms with Crippen molar-refractivity contribution in [3.8, 4) is 0 Å². The average Bonchev–Trinajstić information content (AvgIpc) is 2.78. The summed E-state index contributed by atoms with van der Waals surface area (Å²) in [6.45, 7) is 13.7. The standard InChI is InChI=1S/C25H35N5O/c1-19-18-22(27-24(26-19)30-12-6-5-7-13-30)28-14-16-29(17-15-28)23(31)20-8-10-21(11-9-20)25(2,3)4/h8-11,18H,5-7,12-17H2,1-4H3. The van der Waals surface area contributed by atoms with Crippen molar-refractivity contribution in [2.75, 3.05) is 49.1 Å². The smallest absolute Gasteiger partial charge is 0.253 e. The van der Waals surface area contributed by atoms with E-state index in [1.807, 2.05) is 24.0 Å². The van der Waals surface area contributed by atoms with Gasteiger partial charge >= 0.3 is 0 Å². The van der Waals surface area contributed by atoms with Crippen molar-refractivity contribution in [1.82, 2.24) is 14.9 Å². The molecule has 6 nitrogen and oxygen atoms in total. The first-order chi connectivity index (χ1) is 14.8. The Hall–Kier alpha value is -2.63. The van der Waals surface area contributed by atoms with Gasteiger partial charge in [-0.15, -0.1) is 0 Å². The fourth-order valence-electron chi connectivity index (χ4n) is 4.37. The highest BCUT2D eigenvalue weighted by molar-refractivity contribution is 5.94. The molecule has 2 fully saturated rings. The zero-order valence-corrected chi connectivity index (χ0v) is 19.4. The van der Waals surface area contributed by atoms with E-state index in [0.717, 1.165) is 49.2 Å². The number of aryl methyl sites for hydroxylation is 1. The predicted molar refractivity (Wildman–Crippen MR) is 126 cm³/mol. The van der Waals surface area contributed by atoms with Crippen LogP contribution in [0.1, 0.15) is 61.6 Å². The first-order valence-electron chi connectivity index (χ1n) is 11.6. The van der Waals surface area contributed by atoms with E-state index in [9.17, 15) is 4.79 Å². The van der Waals surface area contributed by atoms with Crippen molar-refractivity contribution in [3.63, 3.8) is 0 Å². The average molecular weight is 422 g/mol. The highest BCUT2D eigenvalue weighted by Gasteiger charge is 2.24. The van der Waals surface area contributed by atoms with Gasteiger partial charge < -0.3 is 14.7 Å². The number of carbonyl (C=O) groups excluding carboxylic acids is 1. The molecule has 4 rings (SSSR count). The molecule has 0 N–H and O–H groups in total. The lowest BCUT2D eigenvalue weighted by atomic mass is 9.86. The molecule has 0 aliphatic carbocycles. The number of carbonyl (C=O) groups is 1. The van der Waals surface area contributed by atoms with Gasteiger partial charge in [0.1, 0.15) is 5.82 Å². The quantitative estimate of drug-likeness (QED) is 0.749. The number of anilines is 2. The number of piperazine rings is 1. The van der Waals surface area contributed by atoms with Gasteiger partial charge in [-0.1, -0.05) is 32.9 Å². The minimum absolute atomic E-state index is 0.0932. The molecule has 0 unspecified atom stereocenters. The Morgan fingerprint density at radius 3 is 2.10 bits per heavy atom. The second-order valence-corrected chi connectivity index (χ2v) is 9.82. The summed E-state index contributed by atoms with van der Waals surface area (Å²) in [5, 5.41) is 0. The van der Waals surface area contributed by atoms with Crippen LogP contribution in [0.2, 0.25) is 0 Å². The third-order valence-electron chi connectivity index (χ3n) is 6.36. The Morgan fingerprint density at radius 1 is 0.839 bits per heavy atom. The van der Waals surface area contributed by atoms with Gasteiger partial charge in [0.2, 0.25) is 5.95 Å². The molecular formula is C25H35N5O. The van der Waals surface area contributed by atoms with Crippen molar-refractivity contribution < 1.29 is 4.79 Å². The Kier molecular flexibility index (Phi) is 6.17. The van der Waals surface area contributed by atoms with Crippen LogP contribution in [-0.2, 0) is 5.41 Å². The largest absolute Gasteiger partial charge is 0.353 e. The maximum absolute atomic E-state index is 13.0. The minimum Gasteiger partial charge on any atom is -0.353 e. The molecule has 2 aliphatic heterocycles. The Bertz CT molecular complexity index is 904. The van der Waals surface area contributed by atoms with E-state index in [1.165, 1.54) is 24.8 Å². The van der Waals surface area contributed by atoms with Crippen molar-refractivity contribution in [2.24, 2.45) is 0 Å². The third-order valence-corrected chi connectivity index (χ3v) is 6.36. The molecule has 0 radical (unpaired) electrons. The molecule has 0 atom stereocenters. The van der Waals surface area contributed by atoms with E-state index in [1.54, 1.807) is 0 Å². The number of hydrogen-bond donors (Lipinski definition) is 0. The number of aromatic nitrogens is 2. The summed E-state index contributed by atoms with van der Waals surface area (Å²) in [6, 6.07) is 10.2. The third kappa shape index (κ3) is 5.00. The minimum atomic E-state index is 0.0932. The molecule has 6 heteroatoms. The molecule has 0 saturated carbocycles. The van der Waals surface area contributed by atoms with Crippen LogP contribution < -0.4 is 9.80 Å². The number of piperidine rings is 1. The van der Waals surface area contributed by atoms with Gasteiger partial charge in [-0.2, -0.15) is 4.98 Å². The van der Waals surface area contributed by atoms with Crippen LogP contribution in [-0.4, -0.2) is 60.0 Å². The predicted octanol–water partition coefficient (Wildman–Crippen LogP) is 4.04. The maximum atomic E-state index is 13.0.